The molecule has 0 aliphatic heterocycles. The van der Waals surface area contributed by atoms with Gasteiger partial charge in [-0.1, -0.05) is 0 Å². The highest BCUT2D eigenvalue weighted by Gasteiger charge is 2.13. The van der Waals surface area contributed by atoms with E-state index in [4.69, 9.17) is 5.73 Å². The quantitative estimate of drug-likeness (QED) is 0.764. The first-order chi connectivity index (χ1) is 9.08. The lowest BCUT2D eigenvalue weighted by atomic mass is 10.2. The SMILES string of the molecule is CCN(CC)C(=O)c1cc(NCCC(N)=O)ccn1. The van der Waals surface area contributed by atoms with Gasteiger partial charge in [0.15, 0.2) is 0 Å². The lowest BCUT2D eigenvalue weighted by Gasteiger charge is -2.18. The first-order valence-corrected chi connectivity index (χ1v) is 6.36. The minimum absolute atomic E-state index is 0.0939. The predicted molar refractivity (Wildman–Crippen MR) is 73.8 cm³/mol. The fourth-order valence-electron chi connectivity index (χ4n) is 1.66. The van der Waals surface area contributed by atoms with E-state index in [1.54, 1.807) is 23.2 Å². The second-order valence-corrected chi connectivity index (χ2v) is 4.05. The molecule has 1 heterocycles. The number of hydrogen-bond donors (Lipinski definition) is 2. The Hall–Kier alpha value is -2.11. The van der Waals surface area contributed by atoms with Crippen LogP contribution in [0.3, 0.4) is 0 Å². The molecule has 1 rings (SSSR count). The van der Waals surface area contributed by atoms with Gasteiger partial charge in [0.2, 0.25) is 5.91 Å². The molecule has 0 aromatic carbocycles. The second-order valence-electron chi connectivity index (χ2n) is 4.05. The number of primary amides is 1. The number of nitrogens with one attached hydrogen (secondary N) is 1. The van der Waals surface area contributed by atoms with Crippen LogP contribution in [0.5, 0.6) is 0 Å². The number of hydrogen-bond acceptors (Lipinski definition) is 4. The Labute approximate surface area is 113 Å². The van der Waals surface area contributed by atoms with Crippen molar-refractivity contribution in [2.24, 2.45) is 5.73 Å². The predicted octanol–water partition coefficient (Wildman–Crippen LogP) is 0.851. The number of aromatic nitrogens is 1. The molecular formula is C13H20N4O2. The third-order valence-corrected chi connectivity index (χ3v) is 2.73. The maximum Gasteiger partial charge on any atom is 0.272 e. The van der Waals surface area contributed by atoms with Crippen LogP contribution in [-0.2, 0) is 4.79 Å². The zero-order valence-corrected chi connectivity index (χ0v) is 11.3. The molecule has 6 nitrogen and oxygen atoms in total. The first-order valence-electron chi connectivity index (χ1n) is 6.36. The smallest absolute Gasteiger partial charge is 0.272 e. The summed E-state index contributed by atoms with van der Waals surface area (Å²) < 4.78 is 0. The molecule has 104 valence electrons. The highest BCUT2D eigenvalue weighted by atomic mass is 16.2. The van der Waals surface area contributed by atoms with Crippen molar-refractivity contribution >= 4 is 17.5 Å². The molecule has 6 heteroatoms. The van der Waals surface area contributed by atoms with Gasteiger partial charge in [-0.25, -0.2) is 0 Å². The molecule has 0 saturated carbocycles. The van der Waals surface area contributed by atoms with Crippen molar-refractivity contribution in [3.05, 3.63) is 24.0 Å². The largest absolute Gasteiger partial charge is 0.384 e. The van der Waals surface area contributed by atoms with E-state index in [0.29, 0.717) is 25.3 Å². The zero-order valence-electron chi connectivity index (χ0n) is 11.3. The van der Waals surface area contributed by atoms with Gasteiger partial charge in [-0.05, 0) is 26.0 Å². The summed E-state index contributed by atoms with van der Waals surface area (Å²) in [7, 11) is 0. The van der Waals surface area contributed by atoms with Gasteiger partial charge in [0.1, 0.15) is 5.69 Å². The Morgan fingerprint density at radius 2 is 2.05 bits per heavy atom. The van der Waals surface area contributed by atoms with E-state index < -0.39 is 0 Å². The fraction of sp³-hybridized carbons (Fsp3) is 0.462. The fourth-order valence-corrected chi connectivity index (χ4v) is 1.66. The molecular weight excluding hydrogens is 244 g/mol. The van der Waals surface area contributed by atoms with Gasteiger partial charge in [0.05, 0.1) is 0 Å². The molecule has 0 unspecified atom stereocenters. The van der Waals surface area contributed by atoms with Crippen LogP contribution in [0.25, 0.3) is 0 Å². The molecule has 0 bridgehead atoms. The van der Waals surface area contributed by atoms with Crippen LogP contribution < -0.4 is 11.1 Å². The van der Waals surface area contributed by atoms with Crippen molar-refractivity contribution in [2.45, 2.75) is 20.3 Å². The Bertz CT molecular complexity index is 444. The van der Waals surface area contributed by atoms with Crippen LogP contribution in [-0.4, -0.2) is 41.3 Å². The molecule has 0 radical (unpaired) electrons. The third-order valence-electron chi connectivity index (χ3n) is 2.73. The summed E-state index contributed by atoms with van der Waals surface area (Å²) in [6.45, 7) is 5.59. The molecule has 0 saturated heterocycles. The number of carbonyl (C=O) groups excluding carboxylic acids is 2. The summed E-state index contributed by atoms with van der Waals surface area (Å²) in [5.74, 6) is -0.454. The molecule has 0 aliphatic carbocycles. The molecule has 0 atom stereocenters. The van der Waals surface area contributed by atoms with Crippen molar-refractivity contribution in [3.8, 4) is 0 Å². The van der Waals surface area contributed by atoms with Crippen LogP contribution in [0, 0.1) is 0 Å². The van der Waals surface area contributed by atoms with Crippen LogP contribution in [0.2, 0.25) is 0 Å². The van der Waals surface area contributed by atoms with Crippen molar-refractivity contribution in [3.63, 3.8) is 0 Å². The van der Waals surface area contributed by atoms with Crippen LogP contribution in [0.1, 0.15) is 30.8 Å². The standard InChI is InChI=1S/C13H20N4O2/c1-3-17(4-2)13(19)11-9-10(5-7-16-11)15-8-6-12(14)18/h5,7,9H,3-4,6,8H2,1-2H3,(H2,14,18)(H,15,16). The van der Waals surface area contributed by atoms with Gasteiger partial charge >= 0.3 is 0 Å². The minimum atomic E-state index is -0.360. The molecule has 0 spiro atoms. The Balaban J connectivity index is 2.71. The maximum atomic E-state index is 12.1. The number of pyridine rings is 1. The topological polar surface area (TPSA) is 88.3 Å². The van der Waals surface area contributed by atoms with Gasteiger partial charge in [0.25, 0.3) is 5.91 Å². The minimum Gasteiger partial charge on any atom is -0.384 e. The maximum absolute atomic E-state index is 12.1. The monoisotopic (exact) mass is 264 g/mol. The summed E-state index contributed by atoms with van der Waals surface area (Å²) >= 11 is 0. The molecule has 0 fully saturated rings. The summed E-state index contributed by atoms with van der Waals surface area (Å²) in [6.07, 6.45) is 1.82. The van der Waals surface area contributed by atoms with Gasteiger partial charge in [-0.3, -0.25) is 14.6 Å². The van der Waals surface area contributed by atoms with Crippen molar-refractivity contribution in [1.82, 2.24) is 9.88 Å². The van der Waals surface area contributed by atoms with E-state index in [2.05, 4.69) is 10.3 Å². The van der Waals surface area contributed by atoms with E-state index in [1.807, 2.05) is 13.8 Å². The van der Waals surface area contributed by atoms with E-state index in [-0.39, 0.29) is 18.2 Å². The number of rotatable bonds is 7. The highest BCUT2D eigenvalue weighted by Crippen LogP contribution is 2.10. The van der Waals surface area contributed by atoms with Crippen LogP contribution in [0.4, 0.5) is 5.69 Å². The third kappa shape index (κ3) is 4.57. The number of carbonyl (C=O) groups is 2. The zero-order chi connectivity index (χ0) is 14.3. The number of nitrogens with two attached hydrogens (primary N) is 1. The highest BCUT2D eigenvalue weighted by molar-refractivity contribution is 5.93. The summed E-state index contributed by atoms with van der Waals surface area (Å²) in [4.78, 5) is 28.5. The summed E-state index contributed by atoms with van der Waals surface area (Å²) in [6, 6.07) is 3.43. The van der Waals surface area contributed by atoms with E-state index >= 15 is 0 Å². The lowest BCUT2D eigenvalue weighted by Crippen LogP contribution is -2.31. The average Bonchev–Trinajstić information content (AvgIpc) is 2.40. The van der Waals surface area contributed by atoms with Crippen molar-refractivity contribution in [2.75, 3.05) is 25.0 Å². The van der Waals surface area contributed by atoms with E-state index in [9.17, 15) is 9.59 Å². The lowest BCUT2D eigenvalue weighted by molar-refractivity contribution is -0.117. The Morgan fingerprint density at radius 3 is 2.63 bits per heavy atom. The van der Waals surface area contributed by atoms with E-state index in [1.165, 1.54) is 0 Å². The molecule has 1 aromatic heterocycles. The van der Waals surface area contributed by atoms with Gasteiger partial charge < -0.3 is 16.0 Å². The van der Waals surface area contributed by atoms with Gasteiger partial charge in [-0.15, -0.1) is 0 Å². The van der Waals surface area contributed by atoms with Crippen LogP contribution >= 0.6 is 0 Å². The Morgan fingerprint density at radius 1 is 1.37 bits per heavy atom. The molecule has 0 aliphatic rings. The second kappa shape index (κ2) is 7.35. The Kier molecular flexibility index (Phi) is 5.78. The molecule has 1 aromatic rings. The average molecular weight is 264 g/mol. The van der Waals surface area contributed by atoms with Crippen molar-refractivity contribution < 1.29 is 9.59 Å². The normalized spacial score (nSPS) is 10.0. The van der Waals surface area contributed by atoms with Crippen molar-refractivity contribution in [1.29, 1.82) is 0 Å². The van der Waals surface area contributed by atoms with Crippen LogP contribution in [0.15, 0.2) is 18.3 Å². The number of anilines is 1. The summed E-state index contributed by atoms with van der Waals surface area (Å²) in [5.41, 5.74) is 6.21. The van der Waals surface area contributed by atoms with E-state index in [0.717, 1.165) is 5.69 Å². The molecule has 3 N–H and O–H groups in total. The number of amides is 2. The number of nitrogens with zero attached hydrogens (tertiary/aromatic N) is 2. The first kappa shape index (κ1) is 14.9. The van der Waals surface area contributed by atoms with Gasteiger partial charge in [-0.2, -0.15) is 0 Å². The molecule has 2 amide bonds. The van der Waals surface area contributed by atoms with Gasteiger partial charge in [0, 0.05) is 37.9 Å². The summed E-state index contributed by atoms with van der Waals surface area (Å²) in [5, 5.41) is 3.03. The molecule has 19 heavy (non-hydrogen) atoms.